The average Bonchev–Trinajstić information content (AvgIpc) is 2.06. The monoisotopic (exact) mass is 183 g/mol. The SMILES string of the molecule is CCO[P+](=O)c1ccc(C)cc1. The lowest BCUT2D eigenvalue weighted by molar-refractivity contribution is 0.357. The lowest BCUT2D eigenvalue weighted by Gasteiger charge is -1.88. The summed E-state index contributed by atoms with van der Waals surface area (Å²) in [4.78, 5) is 0. The lowest BCUT2D eigenvalue weighted by Crippen LogP contribution is -1.97. The summed E-state index contributed by atoms with van der Waals surface area (Å²) in [6, 6.07) is 7.54. The van der Waals surface area contributed by atoms with Crippen LogP contribution in [0.1, 0.15) is 12.5 Å². The minimum Gasteiger partial charge on any atom is -0.142 e. The van der Waals surface area contributed by atoms with Crippen LogP contribution in [0.5, 0.6) is 0 Å². The molecule has 0 aromatic heterocycles. The van der Waals surface area contributed by atoms with Gasteiger partial charge in [-0.05, 0) is 30.5 Å². The fraction of sp³-hybridized carbons (Fsp3) is 0.333. The van der Waals surface area contributed by atoms with E-state index in [1.54, 1.807) is 0 Å². The van der Waals surface area contributed by atoms with E-state index in [0.717, 1.165) is 5.30 Å². The molecule has 0 radical (unpaired) electrons. The van der Waals surface area contributed by atoms with Gasteiger partial charge in [-0.3, -0.25) is 0 Å². The molecule has 0 N–H and O–H groups in total. The van der Waals surface area contributed by atoms with Crippen LogP contribution >= 0.6 is 8.03 Å². The molecule has 0 amide bonds. The normalized spacial score (nSPS) is 11.3. The van der Waals surface area contributed by atoms with Crippen molar-refractivity contribution in [3.05, 3.63) is 29.8 Å². The van der Waals surface area contributed by atoms with Crippen LogP contribution in [0.4, 0.5) is 0 Å². The third kappa shape index (κ3) is 2.40. The fourth-order valence-electron chi connectivity index (χ4n) is 0.858. The van der Waals surface area contributed by atoms with Gasteiger partial charge in [-0.1, -0.05) is 17.7 Å². The second-order valence-corrected chi connectivity index (χ2v) is 3.80. The molecule has 1 unspecified atom stereocenters. The summed E-state index contributed by atoms with van der Waals surface area (Å²) in [6.45, 7) is 4.32. The molecule has 0 aliphatic heterocycles. The van der Waals surface area contributed by atoms with Crippen molar-refractivity contribution in [3.8, 4) is 0 Å². The Kier molecular flexibility index (Phi) is 3.39. The van der Waals surface area contributed by atoms with Gasteiger partial charge in [0.25, 0.3) is 0 Å². The highest BCUT2D eigenvalue weighted by Gasteiger charge is 2.19. The molecule has 1 aromatic carbocycles. The van der Waals surface area contributed by atoms with Crippen LogP contribution in [0.15, 0.2) is 24.3 Å². The van der Waals surface area contributed by atoms with Gasteiger partial charge in [0.1, 0.15) is 6.61 Å². The van der Waals surface area contributed by atoms with Crippen LogP contribution in [0, 0.1) is 6.92 Å². The fourth-order valence-corrected chi connectivity index (χ4v) is 1.63. The van der Waals surface area contributed by atoms with Crippen molar-refractivity contribution in [1.82, 2.24) is 0 Å². The third-order valence-corrected chi connectivity index (χ3v) is 2.70. The first-order chi connectivity index (χ1) is 5.74. The zero-order valence-corrected chi connectivity index (χ0v) is 8.17. The molecule has 0 aliphatic rings. The summed E-state index contributed by atoms with van der Waals surface area (Å²) in [7, 11) is -1.64. The molecule has 1 atom stereocenters. The van der Waals surface area contributed by atoms with Gasteiger partial charge in [-0.15, -0.1) is 4.52 Å². The van der Waals surface area contributed by atoms with Crippen LogP contribution in [-0.4, -0.2) is 6.61 Å². The van der Waals surface area contributed by atoms with E-state index in [9.17, 15) is 4.57 Å². The maximum Gasteiger partial charge on any atom is 0.548 e. The summed E-state index contributed by atoms with van der Waals surface area (Å²) < 4.78 is 16.3. The van der Waals surface area contributed by atoms with Gasteiger partial charge in [0.2, 0.25) is 5.30 Å². The minimum absolute atomic E-state index is 0.489. The molecule has 12 heavy (non-hydrogen) atoms. The quantitative estimate of drug-likeness (QED) is 0.672. The topological polar surface area (TPSA) is 26.3 Å². The molecule has 0 saturated heterocycles. The molecule has 0 heterocycles. The zero-order valence-electron chi connectivity index (χ0n) is 7.28. The minimum atomic E-state index is -1.64. The first-order valence-electron chi connectivity index (χ1n) is 3.91. The van der Waals surface area contributed by atoms with Crippen LogP contribution in [0.25, 0.3) is 0 Å². The Morgan fingerprint density at radius 1 is 1.33 bits per heavy atom. The molecule has 3 heteroatoms. The van der Waals surface area contributed by atoms with Crippen LogP contribution < -0.4 is 5.30 Å². The van der Waals surface area contributed by atoms with E-state index in [-0.39, 0.29) is 0 Å². The Hall–Kier alpha value is -0.720. The van der Waals surface area contributed by atoms with Gasteiger partial charge in [0.15, 0.2) is 0 Å². The molecule has 0 aliphatic carbocycles. The van der Waals surface area contributed by atoms with E-state index in [0.29, 0.717) is 6.61 Å². The molecule has 1 rings (SSSR count). The van der Waals surface area contributed by atoms with Crippen molar-refractivity contribution in [3.63, 3.8) is 0 Å². The first-order valence-corrected chi connectivity index (χ1v) is 5.08. The first kappa shape index (κ1) is 9.37. The van der Waals surface area contributed by atoms with E-state index in [4.69, 9.17) is 4.52 Å². The van der Waals surface area contributed by atoms with Crippen molar-refractivity contribution in [2.24, 2.45) is 0 Å². The highest BCUT2D eigenvalue weighted by atomic mass is 31.1. The molecular weight excluding hydrogens is 171 g/mol. The number of benzene rings is 1. The average molecular weight is 183 g/mol. The van der Waals surface area contributed by atoms with E-state index >= 15 is 0 Å². The predicted molar refractivity (Wildman–Crippen MR) is 50.0 cm³/mol. The summed E-state index contributed by atoms with van der Waals surface area (Å²) in [6.07, 6.45) is 0. The third-order valence-electron chi connectivity index (χ3n) is 1.49. The van der Waals surface area contributed by atoms with Gasteiger partial charge in [0, 0.05) is 0 Å². The standard InChI is InChI=1S/C9H12O2P/c1-3-11-12(10)9-6-4-8(2)5-7-9/h4-7H,3H2,1-2H3/q+1. The van der Waals surface area contributed by atoms with Gasteiger partial charge in [-0.2, -0.15) is 0 Å². The Morgan fingerprint density at radius 3 is 2.42 bits per heavy atom. The second kappa shape index (κ2) is 4.34. The Bertz CT molecular complexity index is 266. The van der Waals surface area contributed by atoms with Crippen molar-refractivity contribution in [1.29, 1.82) is 0 Å². The van der Waals surface area contributed by atoms with E-state index in [2.05, 4.69) is 0 Å². The molecule has 0 fully saturated rings. The van der Waals surface area contributed by atoms with E-state index < -0.39 is 8.03 Å². The Morgan fingerprint density at radius 2 is 1.92 bits per heavy atom. The van der Waals surface area contributed by atoms with Crippen LogP contribution in [-0.2, 0) is 9.09 Å². The molecule has 2 nitrogen and oxygen atoms in total. The second-order valence-electron chi connectivity index (χ2n) is 2.51. The molecule has 64 valence electrons. The number of hydrogen-bond donors (Lipinski definition) is 0. The van der Waals surface area contributed by atoms with E-state index in [1.165, 1.54) is 5.56 Å². The summed E-state index contributed by atoms with van der Waals surface area (Å²) >= 11 is 0. The molecule has 0 spiro atoms. The molecular formula is C9H12O2P+. The van der Waals surface area contributed by atoms with Gasteiger partial charge >= 0.3 is 8.03 Å². The highest BCUT2D eigenvalue weighted by molar-refractivity contribution is 7.48. The molecule has 1 aromatic rings. The Balaban J connectivity index is 2.75. The summed E-state index contributed by atoms with van der Waals surface area (Å²) in [5.41, 5.74) is 1.17. The van der Waals surface area contributed by atoms with Crippen LogP contribution in [0.3, 0.4) is 0 Å². The summed E-state index contributed by atoms with van der Waals surface area (Å²) in [5.74, 6) is 0. The van der Waals surface area contributed by atoms with Crippen molar-refractivity contribution >= 4 is 13.3 Å². The van der Waals surface area contributed by atoms with Gasteiger partial charge in [-0.25, -0.2) is 0 Å². The van der Waals surface area contributed by atoms with Crippen molar-refractivity contribution in [2.75, 3.05) is 6.61 Å². The lowest BCUT2D eigenvalue weighted by atomic mass is 10.2. The Labute approximate surface area is 73.4 Å². The largest absolute Gasteiger partial charge is 0.548 e. The molecule has 0 saturated carbocycles. The number of hydrogen-bond acceptors (Lipinski definition) is 2. The maximum absolute atomic E-state index is 11.3. The highest BCUT2D eigenvalue weighted by Crippen LogP contribution is 2.20. The van der Waals surface area contributed by atoms with Crippen molar-refractivity contribution in [2.45, 2.75) is 13.8 Å². The van der Waals surface area contributed by atoms with Gasteiger partial charge < -0.3 is 0 Å². The predicted octanol–water partition coefficient (Wildman–Crippen LogP) is 2.40. The maximum atomic E-state index is 11.3. The zero-order chi connectivity index (χ0) is 8.97. The number of rotatable bonds is 3. The smallest absolute Gasteiger partial charge is 0.142 e. The summed E-state index contributed by atoms with van der Waals surface area (Å²) in [5, 5.41) is 0.762. The van der Waals surface area contributed by atoms with E-state index in [1.807, 2.05) is 38.1 Å². The van der Waals surface area contributed by atoms with Crippen molar-refractivity contribution < 1.29 is 9.09 Å². The molecule has 0 bridgehead atoms. The number of aryl methyl sites for hydroxylation is 1. The van der Waals surface area contributed by atoms with Gasteiger partial charge in [0.05, 0.1) is 0 Å². The van der Waals surface area contributed by atoms with Crippen LogP contribution in [0.2, 0.25) is 0 Å².